The number of hydrogen-bond acceptors (Lipinski definition) is 4. The third-order valence-electron chi connectivity index (χ3n) is 2.37. The summed E-state index contributed by atoms with van der Waals surface area (Å²) in [6, 6.07) is 11.0. The van der Waals surface area contributed by atoms with Crippen LogP contribution in [0.25, 0.3) is 0 Å². The summed E-state index contributed by atoms with van der Waals surface area (Å²) in [4.78, 5) is 14.6. The Labute approximate surface area is 104 Å². The van der Waals surface area contributed by atoms with Crippen LogP contribution < -0.4 is 10.5 Å². The van der Waals surface area contributed by atoms with Gasteiger partial charge in [-0.1, -0.05) is 30.3 Å². The molecule has 0 fully saturated rings. The molecule has 2 aromatic rings. The lowest BCUT2D eigenvalue weighted by Gasteiger charge is -2.07. The number of nitrogen functional groups attached to an aromatic ring is 1. The molecule has 0 radical (unpaired) electrons. The van der Waals surface area contributed by atoms with Crippen molar-refractivity contribution in [2.24, 2.45) is 0 Å². The maximum absolute atomic E-state index is 10.8. The van der Waals surface area contributed by atoms with E-state index in [1.807, 2.05) is 30.3 Å². The van der Waals surface area contributed by atoms with Gasteiger partial charge in [0, 0.05) is 12.3 Å². The highest BCUT2D eigenvalue weighted by molar-refractivity contribution is 5.93. The van der Waals surface area contributed by atoms with Gasteiger partial charge in [0.25, 0.3) is 0 Å². The van der Waals surface area contributed by atoms with Crippen LogP contribution in [0, 0.1) is 0 Å². The lowest BCUT2D eigenvalue weighted by molar-refractivity contribution is 0.0697. The van der Waals surface area contributed by atoms with E-state index in [1.165, 1.54) is 12.3 Å². The summed E-state index contributed by atoms with van der Waals surface area (Å²) in [5.41, 5.74) is 6.70. The molecule has 3 N–H and O–H groups in total. The van der Waals surface area contributed by atoms with Gasteiger partial charge in [0.2, 0.25) is 5.88 Å². The minimum absolute atomic E-state index is 0.0259. The van der Waals surface area contributed by atoms with Crippen molar-refractivity contribution in [2.45, 2.75) is 6.61 Å². The van der Waals surface area contributed by atoms with E-state index in [0.717, 1.165) is 5.56 Å². The number of pyridine rings is 1. The molecule has 0 unspecified atom stereocenters. The van der Waals surface area contributed by atoms with E-state index in [0.29, 0.717) is 12.5 Å². The summed E-state index contributed by atoms with van der Waals surface area (Å²) in [5, 5.41) is 8.80. The van der Waals surface area contributed by atoms with Crippen LogP contribution in [0.1, 0.15) is 15.9 Å². The monoisotopic (exact) mass is 244 g/mol. The molecule has 0 atom stereocenters. The normalized spacial score (nSPS) is 10.0. The van der Waals surface area contributed by atoms with Crippen molar-refractivity contribution < 1.29 is 14.6 Å². The zero-order chi connectivity index (χ0) is 13.0. The number of carboxylic acid groups (broad SMARTS) is 1. The Bertz CT molecular complexity index is 555. The van der Waals surface area contributed by atoms with Crippen molar-refractivity contribution >= 4 is 11.7 Å². The zero-order valence-corrected chi connectivity index (χ0v) is 9.54. The number of aromatic nitrogens is 1. The molecule has 1 heterocycles. The largest absolute Gasteiger partial charge is 0.478 e. The first-order valence-electron chi connectivity index (χ1n) is 5.32. The van der Waals surface area contributed by atoms with Crippen LogP contribution in [0.4, 0.5) is 5.69 Å². The number of nitrogens with two attached hydrogens (primary N) is 1. The average molecular weight is 244 g/mol. The first kappa shape index (κ1) is 11.9. The number of carbonyl (C=O) groups is 1. The minimum Gasteiger partial charge on any atom is -0.478 e. The number of ether oxygens (including phenoxy) is 1. The quantitative estimate of drug-likeness (QED) is 0.858. The molecule has 5 heteroatoms. The summed E-state index contributed by atoms with van der Waals surface area (Å²) in [7, 11) is 0. The molecule has 92 valence electrons. The van der Waals surface area contributed by atoms with Gasteiger partial charge in [0.1, 0.15) is 12.2 Å². The summed E-state index contributed by atoms with van der Waals surface area (Å²) < 4.78 is 5.42. The topological polar surface area (TPSA) is 85.4 Å². The van der Waals surface area contributed by atoms with Gasteiger partial charge in [-0.25, -0.2) is 9.78 Å². The number of aromatic carboxylic acids is 1. The van der Waals surface area contributed by atoms with Crippen LogP contribution in [0.5, 0.6) is 5.88 Å². The lowest BCUT2D eigenvalue weighted by Crippen LogP contribution is -2.05. The molecule has 2 rings (SSSR count). The molecule has 0 aliphatic rings. The van der Waals surface area contributed by atoms with Crippen LogP contribution in [-0.2, 0) is 6.61 Å². The zero-order valence-electron chi connectivity index (χ0n) is 9.54. The maximum atomic E-state index is 10.8. The van der Waals surface area contributed by atoms with Crippen LogP contribution >= 0.6 is 0 Å². The lowest BCUT2D eigenvalue weighted by atomic mass is 10.2. The van der Waals surface area contributed by atoms with Gasteiger partial charge in [-0.15, -0.1) is 0 Å². The number of nitrogens with zero attached hydrogens (tertiary/aromatic N) is 1. The van der Waals surface area contributed by atoms with E-state index in [1.54, 1.807) is 0 Å². The van der Waals surface area contributed by atoms with Gasteiger partial charge < -0.3 is 15.6 Å². The molecule has 0 aliphatic heterocycles. The molecule has 18 heavy (non-hydrogen) atoms. The number of rotatable bonds is 4. The summed E-state index contributed by atoms with van der Waals surface area (Å²) in [5.74, 6) is -0.795. The Hall–Kier alpha value is -2.56. The second kappa shape index (κ2) is 5.18. The van der Waals surface area contributed by atoms with Crippen molar-refractivity contribution in [3.63, 3.8) is 0 Å². The third-order valence-corrected chi connectivity index (χ3v) is 2.37. The van der Waals surface area contributed by atoms with Gasteiger partial charge in [-0.05, 0) is 5.56 Å². The van der Waals surface area contributed by atoms with Crippen LogP contribution in [0.15, 0.2) is 42.6 Å². The fourth-order valence-electron chi connectivity index (χ4n) is 1.44. The molecule has 1 aromatic carbocycles. The Morgan fingerprint density at radius 3 is 2.67 bits per heavy atom. The van der Waals surface area contributed by atoms with Gasteiger partial charge in [-0.2, -0.15) is 0 Å². The molecule has 1 aromatic heterocycles. The minimum atomic E-state index is -1.10. The van der Waals surface area contributed by atoms with E-state index in [4.69, 9.17) is 15.6 Å². The maximum Gasteiger partial charge on any atom is 0.339 e. The second-order valence-corrected chi connectivity index (χ2v) is 3.69. The fourth-order valence-corrected chi connectivity index (χ4v) is 1.44. The number of anilines is 1. The van der Waals surface area contributed by atoms with Crippen LogP contribution in [0.2, 0.25) is 0 Å². The van der Waals surface area contributed by atoms with Crippen molar-refractivity contribution in [1.29, 1.82) is 0 Å². The molecule has 0 spiro atoms. The number of hydrogen-bond donors (Lipinski definition) is 2. The third kappa shape index (κ3) is 2.76. The highest BCUT2D eigenvalue weighted by Gasteiger charge is 2.09. The predicted octanol–water partition coefficient (Wildman–Crippen LogP) is 1.94. The van der Waals surface area contributed by atoms with Crippen molar-refractivity contribution in [3.05, 3.63) is 53.7 Å². The molecule has 5 nitrogen and oxygen atoms in total. The highest BCUT2D eigenvalue weighted by Crippen LogP contribution is 2.17. The fraction of sp³-hybridized carbons (Fsp3) is 0.0769. The van der Waals surface area contributed by atoms with Gasteiger partial charge in [0.05, 0.1) is 5.69 Å². The van der Waals surface area contributed by atoms with E-state index in [9.17, 15) is 4.79 Å². The average Bonchev–Trinajstić information content (AvgIpc) is 2.37. The first-order valence-corrected chi connectivity index (χ1v) is 5.32. The van der Waals surface area contributed by atoms with Crippen molar-refractivity contribution in [1.82, 2.24) is 4.98 Å². The van der Waals surface area contributed by atoms with Crippen molar-refractivity contribution in [3.8, 4) is 5.88 Å². The molecule has 0 saturated carbocycles. The van der Waals surface area contributed by atoms with Gasteiger partial charge in [-0.3, -0.25) is 0 Å². The van der Waals surface area contributed by atoms with Crippen LogP contribution in [-0.4, -0.2) is 16.1 Å². The van der Waals surface area contributed by atoms with E-state index >= 15 is 0 Å². The molecule has 0 amide bonds. The van der Waals surface area contributed by atoms with Crippen LogP contribution in [0.3, 0.4) is 0 Å². The van der Waals surface area contributed by atoms with E-state index in [-0.39, 0.29) is 11.3 Å². The first-order chi connectivity index (χ1) is 8.66. The van der Waals surface area contributed by atoms with E-state index < -0.39 is 5.97 Å². The van der Waals surface area contributed by atoms with E-state index in [2.05, 4.69) is 4.98 Å². The van der Waals surface area contributed by atoms with Gasteiger partial charge >= 0.3 is 5.97 Å². The van der Waals surface area contributed by atoms with Crippen molar-refractivity contribution in [2.75, 3.05) is 5.73 Å². The smallest absolute Gasteiger partial charge is 0.339 e. The predicted molar refractivity (Wildman–Crippen MR) is 66.4 cm³/mol. The second-order valence-electron chi connectivity index (χ2n) is 3.69. The Kier molecular flexibility index (Phi) is 3.43. The number of carboxylic acids is 1. The molecule has 0 saturated heterocycles. The Balaban J connectivity index is 2.07. The number of benzene rings is 1. The molecule has 0 bridgehead atoms. The summed E-state index contributed by atoms with van der Waals surface area (Å²) in [6.07, 6.45) is 1.19. The standard InChI is InChI=1S/C13H12N2O3/c14-11-6-12(15-7-10(11)13(16)17)18-8-9-4-2-1-3-5-9/h1-7H,8H2,(H2,14,15)(H,16,17). The molecular formula is C13H12N2O3. The highest BCUT2D eigenvalue weighted by atomic mass is 16.5. The summed E-state index contributed by atoms with van der Waals surface area (Å²) in [6.45, 7) is 0.361. The Morgan fingerprint density at radius 2 is 2.06 bits per heavy atom. The molecular weight excluding hydrogens is 232 g/mol. The Morgan fingerprint density at radius 1 is 1.33 bits per heavy atom. The summed E-state index contributed by atoms with van der Waals surface area (Å²) >= 11 is 0. The van der Waals surface area contributed by atoms with Gasteiger partial charge in [0.15, 0.2) is 0 Å². The SMILES string of the molecule is Nc1cc(OCc2ccccc2)ncc1C(=O)O. The molecule has 0 aliphatic carbocycles.